The predicted octanol–water partition coefficient (Wildman–Crippen LogP) is 4.23. The first kappa shape index (κ1) is 16.2. The van der Waals surface area contributed by atoms with E-state index in [1.807, 2.05) is 25.1 Å². The third-order valence-corrected chi connectivity index (χ3v) is 1.82. The molecule has 0 fully saturated rings. The van der Waals surface area contributed by atoms with Crippen molar-refractivity contribution in [2.45, 2.75) is 33.1 Å². The van der Waals surface area contributed by atoms with Gasteiger partial charge < -0.3 is 0 Å². The fourth-order valence-electron chi connectivity index (χ4n) is 0.793. The van der Waals surface area contributed by atoms with Crippen molar-refractivity contribution < 1.29 is 0 Å². The zero-order valence-corrected chi connectivity index (χ0v) is 10.4. The molecule has 0 radical (unpaired) electrons. The standard InChI is InChI=1S/C6H7N.C5H11Cl.ClH/c1-6-4-2-3-5-7-6;1-2-3-4-5-6;/h2-5H,1H3;2-5H2,1H3;1H. The average molecular weight is 236 g/mol. The van der Waals surface area contributed by atoms with Crippen LogP contribution in [0.3, 0.4) is 0 Å². The fourth-order valence-corrected chi connectivity index (χ4v) is 0.982. The molecule has 0 bridgehead atoms. The van der Waals surface area contributed by atoms with Gasteiger partial charge >= 0.3 is 0 Å². The molecule has 0 saturated heterocycles. The first-order valence-corrected chi connectivity index (χ1v) is 5.28. The lowest BCUT2D eigenvalue weighted by molar-refractivity contribution is 0.776. The molecule has 0 aliphatic rings. The lowest BCUT2D eigenvalue weighted by Crippen LogP contribution is -1.72. The average Bonchev–Trinajstić information content (AvgIpc) is 2.17. The molecule has 0 aliphatic carbocycles. The maximum atomic E-state index is 5.38. The van der Waals surface area contributed by atoms with E-state index in [0.717, 1.165) is 11.6 Å². The topological polar surface area (TPSA) is 12.9 Å². The van der Waals surface area contributed by atoms with Crippen LogP contribution in [0.5, 0.6) is 0 Å². The number of rotatable bonds is 3. The monoisotopic (exact) mass is 235 g/mol. The van der Waals surface area contributed by atoms with E-state index in [-0.39, 0.29) is 12.4 Å². The minimum Gasteiger partial charge on any atom is -0.262 e. The van der Waals surface area contributed by atoms with Gasteiger partial charge in [-0.05, 0) is 25.5 Å². The number of halogens is 2. The largest absolute Gasteiger partial charge is 0.262 e. The summed E-state index contributed by atoms with van der Waals surface area (Å²) in [5.41, 5.74) is 1.07. The first-order chi connectivity index (χ1) is 6.31. The minimum atomic E-state index is 0. The van der Waals surface area contributed by atoms with E-state index in [9.17, 15) is 0 Å². The number of nitrogens with zero attached hydrogens (tertiary/aromatic N) is 1. The molecule has 1 aromatic heterocycles. The number of aryl methyl sites for hydroxylation is 1. The highest BCUT2D eigenvalue weighted by Crippen LogP contribution is 1.93. The lowest BCUT2D eigenvalue weighted by atomic mass is 10.3. The summed E-state index contributed by atoms with van der Waals surface area (Å²) in [6, 6.07) is 5.86. The van der Waals surface area contributed by atoms with Crippen LogP contribution in [0.1, 0.15) is 31.9 Å². The number of hydrogen-bond donors (Lipinski definition) is 0. The van der Waals surface area contributed by atoms with E-state index >= 15 is 0 Å². The summed E-state index contributed by atoms with van der Waals surface area (Å²) in [4.78, 5) is 3.98. The van der Waals surface area contributed by atoms with Crippen LogP contribution in [-0.4, -0.2) is 10.9 Å². The van der Waals surface area contributed by atoms with Crippen molar-refractivity contribution in [1.29, 1.82) is 0 Å². The quantitative estimate of drug-likeness (QED) is 0.565. The summed E-state index contributed by atoms with van der Waals surface area (Å²) in [7, 11) is 0. The number of aromatic nitrogens is 1. The van der Waals surface area contributed by atoms with Crippen LogP contribution in [-0.2, 0) is 0 Å². The molecule has 0 atom stereocenters. The summed E-state index contributed by atoms with van der Waals surface area (Å²) in [6.07, 6.45) is 5.52. The smallest absolute Gasteiger partial charge is 0.0372 e. The van der Waals surface area contributed by atoms with Crippen molar-refractivity contribution in [3.63, 3.8) is 0 Å². The Morgan fingerprint density at radius 1 is 1.29 bits per heavy atom. The van der Waals surface area contributed by atoms with Crippen molar-refractivity contribution in [2.24, 2.45) is 0 Å². The molecule has 14 heavy (non-hydrogen) atoms. The summed E-state index contributed by atoms with van der Waals surface area (Å²) in [5, 5.41) is 0. The second-order valence-corrected chi connectivity index (χ2v) is 3.25. The van der Waals surface area contributed by atoms with Crippen LogP contribution in [0.15, 0.2) is 24.4 Å². The molecule has 82 valence electrons. The van der Waals surface area contributed by atoms with Gasteiger partial charge in [-0.1, -0.05) is 25.8 Å². The van der Waals surface area contributed by atoms with Crippen molar-refractivity contribution in [2.75, 3.05) is 5.88 Å². The van der Waals surface area contributed by atoms with Gasteiger partial charge in [0, 0.05) is 17.8 Å². The van der Waals surface area contributed by atoms with Gasteiger partial charge in [-0.15, -0.1) is 24.0 Å². The Bertz CT molecular complexity index is 186. The van der Waals surface area contributed by atoms with Gasteiger partial charge in [0.05, 0.1) is 0 Å². The summed E-state index contributed by atoms with van der Waals surface area (Å²) >= 11 is 5.38. The number of alkyl halides is 1. The molecule has 1 aromatic rings. The molecular formula is C11H19Cl2N. The first-order valence-electron chi connectivity index (χ1n) is 4.74. The normalized spacial score (nSPS) is 8.21. The van der Waals surface area contributed by atoms with Crippen LogP contribution in [0, 0.1) is 6.92 Å². The van der Waals surface area contributed by atoms with Gasteiger partial charge in [-0.2, -0.15) is 0 Å². The molecule has 1 rings (SSSR count). The van der Waals surface area contributed by atoms with E-state index in [0.29, 0.717) is 0 Å². The number of hydrogen-bond acceptors (Lipinski definition) is 1. The third-order valence-electron chi connectivity index (χ3n) is 1.55. The Hall–Kier alpha value is -0.270. The Labute approximate surface area is 98.3 Å². The van der Waals surface area contributed by atoms with Gasteiger partial charge in [-0.25, -0.2) is 0 Å². The lowest BCUT2D eigenvalue weighted by Gasteiger charge is -1.84. The third kappa shape index (κ3) is 11.7. The van der Waals surface area contributed by atoms with Crippen LogP contribution < -0.4 is 0 Å². The van der Waals surface area contributed by atoms with Crippen LogP contribution >= 0.6 is 24.0 Å². The predicted molar refractivity (Wildman–Crippen MR) is 66.5 cm³/mol. The molecule has 0 spiro atoms. The second kappa shape index (κ2) is 12.7. The maximum absolute atomic E-state index is 5.38. The Morgan fingerprint density at radius 3 is 2.21 bits per heavy atom. The molecule has 0 unspecified atom stereocenters. The molecule has 0 saturated carbocycles. The highest BCUT2D eigenvalue weighted by molar-refractivity contribution is 6.17. The Kier molecular flexibility index (Phi) is 14.7. The van der Waals surface area contributed by atoms with Gasteiger partial charge in [-0.3, -0.25) is 4.98 Å². The molecular weight excluding hydrogens is 217 g/mol. The maximum Gasteiger partial charge on any atom is 0.0372 e. The van der Waals surface area contributed by atoms with E-state index in [1.54, 1.807) is 6.20 Å². The van der Waals surface area contributed by atoms with Crippen molar-refractivity contribution in [3.05, 3.63) is 30.1 Å². The fraction of sp³-hybridized carbons (Fsp3) is 0.545. The summed E-state index contributed by atoms with van der Waals surface area (Å²) < 4.78 is 0. The zero-order chi connectivity index (χ0) is 9.94. The van der Waals surface area contributed by atoms with Crippen LogP contribution in [0.2, 0.25) is 0 Å². The second-order valence-electron chi connectivity index (χ2n) is 2.87. The molecule has 0 amide bonds. The Morgan fingerprint density at radius 2 is 2.00 bits per heavy atom. The number of pyridine rings is 1. The number of unbranched alkanes of at least 4 members (excludes halogenated alkanes) is 2. The molecule has 1 nitrogen and oxygen atoms in total. The molecule has 1 heterocycles. The summed E-state index contributed by atoms with van der Waals surface area (Å²) in [6.45, 7) is 4.15. The zero-order valence-electron chi connectivity index (χ0n) is 8.87. The molecule has 3 heteroatoms. The van der Waals surface area contributed by atoms with Crippen LogP contribution in [0.4, 0.5) is 0 Å². The molecule has 0 aliphatic heterocycles. The Balaban J connectivity index is 0. The molecule has 0 N–H and O–H groups in total. The summed E-state index contributed by atoms with van der Waals surface area (Å²) in [5.74, 6) is 0.827. The minimum absolute atomic E-state index is 0. The van der Waals surface area contributed by atoms with Gasteiger partial charge in [0.1, 0.15) is 0 Å². The van der Waals surface area contributed by atoms with E-state index in [2.05, 4.69) is 11.9 Å². The van der Waals surface area contributed by atoms with Gasteiger partial charge in [0.25, 0.3) is 0 Å². The van der Waals surface area contributed by atoms with E-state index < -0.39 is 0 Å². The molecule has 0 aromatic carbocycles. The van der Waals surface area contributed by atoms with E-state index in [1.165, 1.54) is 19.3 Å². The van der Waals surface area contributed by atoms with Crippen LogP contribution in [0.25, 0.3) is 0 Å². The van der Waals surface area contributed by atoms with Gasteiger partial charge in [0.15, 0.2) is 0 Å². The van der Waals surface area contributed by atoms with Crippen molar-refractivity contribution >= 4 is 24.0 Å². The van der Waals surface area contributed by atoms with Crippen molar-refractivity contribution in [3.8, 4) is 0 Å². The van der Waals surface area contributed by atoms with Crippen molar-refractivity contribution in [1.82, 2.24) is 4.98 Å². The SMILES string of the molecule is CCCCCCl.Cc1ccccn1.Cl. The highest BCUT2D eigenvalue weighted by Gasteiger charge is 1.77. The highest BCUT2D eigenvalue weighted by atomic mass is 35.5. The van der Waals surface area contributed by atoms with Gasteiger partial charge in [0.2, 0.25) is 0 Å². The van der Waals surface area contributed by atoms with E-state index in [4.69, 9.17) is 11.6 Å².